The predicted octanol–water partition coefficient (Wildman–Crippen LogP) is 5.89. The summed E-state index contributed by atoms with van der Waals surface area (Å²) in [6.07, 6.45) is 9.39. The van der Waals surface area contributed by atoms with E-state index >= 15 is 0 Å². The van der Waals surface area contributed by atoms with Crippen molar-refractivity contribution in [2.45, 2.75) is 50.9 Å². The topological polar surface area (TPSA) is 44.8 Å². The Hall–Kier alpha value is -2.75. The highest BCUT2D eigenvalue weighted by atomic mass is 16.5. The highest BCUT2D eigenvalue weighted by molar-refractivity contribution is 5.87. The van der Waals surface area contributed by atoms with Gasteiger partial charge in [-0.15, -0.1) is 0 Å². The van der Waals surface area contributed by atoms with Crippen molar-refractivity contribution in [3.05, 3.63) is 64.7 Å². The summed E-state index contributed by atoms with van der Waals surface area (Å²) in [5.41, 5.74) is 5.12. The summed E-state index contributed by atoms with van der Waals surface area (Å²) in [7, 11) is 3.41. The van der Waals surface area contributed by atoms with Crippen LogP contribution in [-0.4, -0.2) is 26.8 Å². The summed E-state index contributed by atoms with van der Waals surface area (Å²) in [4.78, 5) is 11.8. The maximum Gasteiger partial charge on any atom is 0.330 e. The van der Waals surface area contributed by atoms with Gasteiger partial charge in [-0.3, -0.25) is 0 Å². The fourth-order valence-electron chi connectivity index (χ4n) is 5.47. The van der Waals surface area contributed by atoms with Gasteiger partial charge in [0, 0.05) is 11.6 Å². The number of esters is 1. The van der Waals surface area contributed by atoms with Crippen LogP contribution in [-0.2, 0) is 16.0 Å². The monoisotopic (exact) mass is 420 g/mol. The molecule has 1 fully saturated rings. The van der Waals surface area contributed by atoms with Gasteiger partial charge in [0.05, 0.1) is 20.8 Å². The molecule has 2 aromatic carbocycles. The molecule has 4 rings (SSSR count). The van der Waals surface area contributed by atoms with Gasteiger partial charge >= 0.3 is 5.97 Å². The molecule has 0 radical (unpaired) electrons. The average molecular weight is 421 g/mol. The van der Waals surface area contributed by atoms with Crippen LogP contribution >= 0.6 is 0 Å². The second-order valence-corrected chi connectivity index (χ2v) is 8.52. The third-order valence-electron chi connectivity index (χ3n) is 6.90. The number of fused-ring (bicyclic) bond motifs is 3. The molecule has 2 aromatic rings. The van der Waals surface area contributed by atoms with E-state index in [0.717, 1.165) is 23.5 Å². The van der Waals surface area contributed by atoms with E-state index in [0.29, 0.717) is 24.4 Å². The first-order valence-corrected chi connectivity index (χ1v) is 11.3. The van der Waals surface area contributed by atoms with Crippen molar-refractivity contribution in [2.24, 2.45) is 5.92 Å². The van der Waals surface area contributed by atoms with Crippen molar-refractivity contribution >= 4 is 12.0 Å². The maximum absolute atomic E-state index is 11.8. The summed E-state index contributed by atoms with van der Waals surface area (Å²) >= 11 is 0. The number of hydrogen-bond acceptors (Lipinski definition) is 4. The summed E-state index contributed by atoms with van der Waals surface area (Å²) in [5, 5.41) is 0. The zero-order valence-electron chi connectivity index (χ0n) is 18.7. The molecule has 3 atom stereocenters. The predicted molar refractivity (Wildman–Crippen MR) is 123 cm³/mol. The number of carbonyl (C=O) groups excluding carboxylic acids is 1. The minimum absolute atomic E-state index is 0.328. The normalized spacial score (nSPS) is 22.5. The lowest BCUT2D eigenvalue weighted by molar-refractivity contribution is -0.137. The van der Waals surface area contributed by atoms with Crippen molar-refractivity contribution < 1.29 is 19.0 Å². The van der Waals surface area contributed by atoms with Crippen LogP contribution in [0.3, 0.4) is 0 Å². The average Bonchev–Trinajstić information content (AvgIpc) is 2.82. The zero-order chi connectivity index (χ0) is 21.8. The number of rotatable bonds is 6. The van der Waals surface area contributed by atoms with E-state index in [9.17, 15) is 4.79 Å². The molecule has 4 nitrogen and oxygen atoms in total. The molecule has 2 aliphatic rings. The van der Waals surface area contributed by atoms with E-state index in [4.69, 9.17) is 14.2 Å². The number of benzene rings is 2. The zero-order valence-corrected chi connectivity index (χ0v) is 18.7. The molecular formula is C27H32O4. The van der Waals surface area contributed by atoms with Gasteiger partial charge in [0.1, 0.15) is 11.5 Å². The number of methoxy groups -OCH3 is 2. The summed E-state index contributed by atoms with van der Waals surface area (Å²) in [6.45, 7) is 2.18. The third-order valence-corrected chi connectivity index (χ3v) is 6.90. The molecule has 1 saturated carbocycles. The summed E-state index contributed by atoms with van der Waals surface area (Å²) in [5.74, 6) is 3.11. The largest absolute Gasteiger partial charge is 0.497 e. The van der Waals surface area contributed by atoms with E-state index in [-0.39, 0.29) is 5.97 Å². The minimum Gasteiger partial charge on any atom is -0.497 e. The van der Waals surface area contributed by atoms with Crippen LogP contribution in [0.15, 0.2) is 42.5 Å². The molecule has 0 N–H and O–H groups in total. The van der Waals surface area contributed by atoms with Crippen LogP contribution < -0.4 is 9.47 Å². The number of ether oxygens (including phenoxy) is 3. The molecule has 0 amide bonds. The molecule has 0 aromatic heterocycles. The molecule has 0 bridgehead atoms. The van der Waals surface area contributed by atoms with E-state index < -0.39 is 0 Å². The van der Waals surface area contributed by atoms with Gasteiger partial charge in [-0.2, -0.15) is 0 Å². The van der Waals surface area contributed by atoms with Crippen LogP contribution in [0.4, 0.5) is 0 Å². The van der Waals surface area contributed by atoms with Crippen LogP contribution in [0.25, 0.3) is 6.08 Å². The molecule has 0 aliphatic heterocycles. The Morgan fingerprint density at radius 3 is 2.52 bits per heavy atom. The van der Waals surface area contributed by atoms with Gasteiger partial charge in [-0.05, 0) is 91.0 Å². The Labute approximate surface area is 185 Å². The smallest absolute Gasteiger partial charge is 0.330 e. The van der Waals surface area contributed by atoms with Crippen molar-refractivity contribution in [1.29, 1.82) is 0 Å². The van der Waals surface area contributed by atoms with Gasteiger partial charge in [0.25, 0.3) is 0 Å². The Bertz CT molecular complexity index is 944. The minimum atomic E-state index is -0.328. The van der Waals surface area contributed by atoms with E-state index in [2.05, 4.69) is 36.4 Å². The molecule has 164 valence electrons. The fraction of sp³-hybridized carbons (Fsp3) is 0.444. The lowest BCUT2D eigenvalue weighted by Crippen LogP contribution is -2.31. The highest BCUT2D eigenvalue weighted by Crippen LogP contribution is 2.52. The lowest BCUT2D eigenvalue weighted by Gasteiger charge is -2.43. The Balaban J connectivity index is 1.71. The van der Waals surface area contributed by atoms with Gasteiger partial charge in [0.2, 0.25) is 0 Å². The van der Waals surface area contributed by atoms with Crippen molar-refractivity contribution in [2.75, 3.05) is 20.8 Å². The van der Waals surface area contributed by atoms with Crippen molar-refractivity contribution in [3.63, 3.8) is 0 Å². The van der Waals surface area contributed by atoms with Crippen molar-refractivity contribution in [3.8, 4) is 11.5 Å². The molecular weight excluding hydrogens is 388 g/mol. The van der Waals surface area contributed by atoms with Crippen molar-refractivity contribution in [1.82, 2.24) is 0 Å². The van der Waals surface area contributed by atoms with Crippen LogP contribution in [0.5, 0.6) is 11.5 Å². The Morgan fingerprint density at radius 2 is 1.81 bits per heavy atom. The van der Waals surface area contributed by atoms with Gasteiger partial charge in [-0.1, -0.05) is 25.0 Å². The first-order chi connectivity index (χ1) is 15.1. The lowest BCUT2D eigenvalue weighted by atomic mass is 9.61. The Morgan fingerprint density at radius 1 is 1.03 bits per heavy atom. The standard InChI is InChI=1S/C27H32O4/c1-4-31-27(28)14-11-19-15-20-16-24(18-9-12-21(29-2)13-10-18)22-7-5-6-8-23(22)25(20)17-26(19)30-3/h9-15,17,22-24H,4-8,16H2,1-3H3. The maximum atomic E-state index is 11.8. The van der Waals surface area contributed by atoms with Crippen LogP contribution in [0, 0.1) is 5.92 Å². The molecule has 0 saturated heterocycles. The molecule has 2 aliphatic carbocycles. The SMILES string of the molecule is CCOC(=O)C=Cc1cc2c(cc1OC)C1CCCCC1C(c1ccc(OC)cc1)C2. The number of carbonyl (C=O) groups is 1. The summed E-state index contributed by atoms with van der Waals surface area (Å²) < 4.78 is 16.1. The van der Waals surface area contributed by atoms with Gasteiger partial charge < -0.3 is 14.2 Å². The molecule has 0 heterocycles. The molecule has 3 unspecified atom stereocenters. The van der Waals surface area contributed by atoms with Gasteiger partial charge in [-0.25, -0.2) is 4.79 Å². The summed E-state index contributed by atoms with van der Waals surface area (Å²) in [6, 6.07) is 13.0. The van der Waals surface area contributed by atoms with Gasteiger partial charge in [0.15, 0.2) is 0 Å². The third kappa shape index (κ3) is 4.48. The van der Waals surface area contributed by atoms with E-state index in [1.165, 1.54) is 48.4 Å². The fourth-order valence-corrected chi connectivity index (χ4v) is 5.47. The second-order valence-electron chi connectivity index (χ2n) is 8.52. The highest BCUT2D eigenvalue weighted by Gasteiger charge is 2.39. The molecule has 31 heavy (non-hydrogen) atoms. The quantitative estimate of drug-likeness (QED) is 0.431. The molecule has 4 heteroatoms. The first kappa shape index (κ1) is 21.5. The first-order valence-electron chi connectivity index (χ1n) is 11.3. The van der Waals surface area contributed by atoms with E-state index in [1.54, 1.807) is 14.2 Å². The molecule has 0 spiro atoms. The van der Waals surface area contributed by atoms with Crippen LogP contribution in [0.1, 0.15) is 66.7 Å². The number of hydrogen-bond donors (Lipinski definition) is 0. The van der Waals surface area contributed by atoms with E-state index in [1.807, 2.05) is 13.0 Å². The second kappa shape index (κ2) is 9.59. The Kier molecular flexibility index (Phi) is 6.64. The van der Waals surface area contributed by atoms with Crippen LogP contribution in [0.2, 0.25) is 0 Å².